The summed E-state index contributed by atoms with van der Waals surface area (Å²) in [5.74, 6) is -1.21. The van der Waals surface area contributed by atoms with Crippen molar-refractivity contribution >= 4 is 32.8 Å². The number of hydrogen-bond donors (Lipinski definition) is 0. The predicted molar refractivity (Wildman–Crippen MR) is 141 cm³/mol. The van der Waals surface area contributed by atoms with Crippen molar-refractivity contribution in [1.29, 1.82) is 0 Å². The number of benzene rings is 2. The van der Waals surface area contributed by atoms with Crippen LogP contribution < -0.4 is 10.3 Å². The highest BCUT2D eigenvalue weighted by Crippen LogP contribution is 2.24. The van der Waals surface area contributed by atoms with E-state index < -0.39 is 22.6 Å². The molecule has 0 radical (unpaired) electrons. The molecule has 7 nitrogen and oxygen atoms in total. The number of rotatable bonds is 7. The summed E-state index contributed by atoms with van der Waals surface area (Å²) in [4.78, 5) is 27.6. The first kappa shape index (κ1) is 27.2. The summed E-state index contributed by atoms with van der Waals surface area (Å²) in [5, 5.41) is 0. The zero-order valence-electron chi connectivity index (χ0n) is 20.4. The van der Waals surface area contributed by atoms with Crippen LogP contribution in [-0.2, 0) is 24.1 Å². The van der Waals surface area contributed by atoms with Crippen molar-refractivity contribution in [3.8, 4) is 5.75 Å². The Hall–Kier alpha value is -2.89. The smallest absolute Gasteiger partial charge is 0.269 e. The van der Waals surface area contributed by atoms with Gasteiger partial charge in [-0.15, -0.1) is 0 Å². The number of piperazine rings is 1. The predicted octanol–water partition coefficient (Wildman–Crippen LogP) is 3.88. The van der Waals surface area contributed by atoms with Crippen molar-refractivity contribution in [2.75, 3.05) is 32.4 Å². The Morgan fingerprint density at radius 1 is 1.05 bits per heavy atom. The summed E-state index contributed by atoms with van der Waals surface area (Å²) >= 11 is 3.29. The summed E-state index contributed by atoms with van der Waals surface area (Å²) in [6.45, 7) is 4.07. The van der Waals surface area contributed by atoms with Crippen LogP contribution in [0.15, 0.2) is 57.8 Å². The zero-order chi connectivity index (χ0) is 26.7. The number of aromatic nitrogens is 1. The average Bonchev–Trinajstić information content (AvgIpc) is 2.88. The van der Waals surface area contributed by atoms with Gasteiger partial charge < -0.3 is 14.2 Å². The van der Waals surface area contributed by atoms with Gasteiger partial charge in [-0.05, 0) is 52.7 Å². The lowest BCUT2D eigenvalue weighted by molar-refractivity contribution is 0.0701. The van der Waals surface area contributed by atoms with Gasteiger partial charge in [-0.1, -0.05) is 12.1 Å². The number of nitrogens with zero attached hydrogens (tertiary/aromatic N) is 3. The van der Waals surface area contributed by atoms with Gasteiger partial charge in [-0.25, -0.2) is 17.3 Å². The third-order valence-electron chi connectivity index (χ3n) is 6.24. The molecule has 4 rings (SSSR count). The van der Waals surface area contributed by atoms with E-state index in [1.54, 1.807) is 40.8 Å². The Morgan fingerprint density at radius 2 is 1.73 bits per heavy atom. The van der Waals surface area contributed by atoms with Crippen molar-refractivity contribution in [3.63, 3.8) is 0 Å². The standard InChI is InChI=1S/C26H26BrF2N3O4S/c1-17-13-23(36-16-20-7-8-21(28)14-22(20)29)24(27)26(34)32(17)15-18-3-5-19(6-4-18)25(33)30-9-11-31(12-10-30)37(2)35/h3-8,13-14H,9-12,15-16H2,1-2H3. The first-order valence-corrected chi connectivity index (χ1v) is 13.9. The summed E-state index contributed by atoms with van der Waals surface area (Å²) in [6, 6.07) is 12.0. The van der Waals surface area contributed by atoms with E-state index in [1.165, 1.54) is 6.07 Å². The zero-order valence-corrected chi connectivity index (χ0v) is 22.8. The second-order valence-electron chi connectivity index (χ2n) is 8.72. The molecule has 2 aromatic carbocycles. The molecule has 1 aromatic heterocycles. The molecule has 3 aromatic rings. The van der Waals surface area contributed by atoms with Crippen molar-refractivity contribution in [3.05, 3.63) is 97.4 Å². The van der Waals surface area contributed by atoms with Crippen LogP contribution in [0.4, 0.5) is 8.78 Å². The normalized spacial score (nSPS) is 15.0. The van der Waals surface area contributed by atoms with E-state index in [-0.39, 0.29) is 40.4 Å². The minimum Gasteiger partial charge on any atom is -0.487 e. The molecule has 1 atom stereocenters. The molecule has 0 aliphatic carbocycles. The summed E-state index contributed by atoms with van der Waals surface area (Å²) in [7, 11) is -1.04. The van der Waals surface area contributed by atoms with E-state index in [9.17, 15) is 22.6 Å². The molecule has 1 fully saturated rings. The molecule has 1 aliphatic rings. The van der Waals surface area contributed by atoms with Crippen LogP contribution in [0.2, 0.25) is 0 Å². The number of hydrogen-bond acceptors (Lipinski definition) is 4. The first-order chi connectivity index (χ1) is 17.6. The Morgan fingerprint density at radius 3 is 2.35 bits per heavy atom. The van der Waals surface area contributed by atoms with Crippen LogP contribution >= 0.6 is 15.9 Å². The minimum absolute atomic E-state index is 0.0803. The SMILES string of the molecule is Cc1cc(OCc2ccc(F)cc2F)c(Br)c(=O)n1Cc1ccc(C(=O)N2CCN(S(C)=O)CC2)cc1. The number of ether oxygens (including phenoxy) is 1. The molecule has 0 bridgehead atoms. The van der Waals surface area contributed by atoms with E-state index in [4.69, 9.17) is 4.74 Å². The fourth-order valence-electron chi connectivity index (χ4n) is 4.08. The molecule has 0 spiro atoms. The number of carbonyl (C=O) groups is 1. The van der Waals surface area contributed by atoms with Crippen LogP contribution in [0.5, 0.6) is 5.75 Å². The minimum atomic E-state index is -1.04. The van der Waals surface area contributed by atoms with Crippen LogP contribution in [-0.4, -0.2) is 56.3 Å². The molecule has 1 aliphatic heterocycles. The number of halogens is 3. The van der Waals surface area contributed by atoms with Gasteiger partial charge in [0.2, 0.25) is 0 Å². The first-order valence-electron chi connectivity index (χ1n) is 11.6. The van der Waals surface area contributed by atoms with Gasteiger partial charge in [-0.2, -0.15) is 0 Å². The molecule has 2 heterocycles. The van der Waals surface area contributed by atoms with Crippen molar-refractivity contribution in [1.82, 2.24) is 13.8 Å². The van der Waals surface area contributed by atoms with Crippen LogP contribution in [0.25, 0.3) is 0 Å². The van der Waals surface area contributed by atoms with Crippen LogP contribution in [0, 0.1) is 18.6 Å². The van der Waals surface area contributed by atoms with Gasteiger partial charge >= 0.3 is 0 Å². The second kappa shape index (κ2) is 11.7. The van der Waals surface area contributed by atoms with E-state index in [2.05, 4.69) is 15.9 Å². The monoisotopic (exact) mass is 593 g/mol. The maximum absolute atomic E-state index is 13.9. The molecule has 37 heavy (non-hydrogen) atoms. The molecule has 196 valence electrons. The van der Waals surface area contributed by atoms with E-state index >= 15 is 0 Å². The Bertz CT molecular complexity index is 1390. The van der Waals surface area contributed by atoms with Gasteiger partial charge in [0.15, 0.2) is 0 Å². The maximum Gasteiger partial charge on any atom is 0.269 e. The molecule has 11 heteroatoms. The molecule has 0 saturated carbocycles. The molecular formula is C26H26BrF2N3O4S. The van der Waals surface area contributed by atoms with Gasteiger partial charge in [0.25, 0.3) is 11.5 Å². The largest absolute Gasteiger partial charge is 0.487 e. The second-order valence-corrected chi connectivity index (χ2v) is 10.9. The van der Waals surface area contributed by atoms with Crippen LogP contribution in [0.3, 0.4) is 0 Å². The van der Waals surface area contributed by atoms with E-state index in [0.717, 1.165) is 17.7 Å². The Balaban J connectivity index is 1.43. The van der Waals surface area contributed by atoms with Gasteiger partial charge in [0.05, 0.1) is 17.5 Å². The number of aryl methyl sites for hydroxylation is 1. The molecule has 1 unspecified atom stereocenters. The molecule has 1 amide bonds. The van der Waals surface area contributed by atoms with Crippen molar-refractivity contribution < 1.29 is 22.5 Å². The molecule has 1 saturated heterocycles. The highest BCUT2D eigenvalue weighted by Gasteiger charge is 2.23. The Labute approximate surface area is 224 Å². The van der Waals surface area contributed by atoms with Gasteiger partial charge in [-0.3, -0.25) is 9.59 Å². The van der Waals surface area contributed by atoms with Crippen molar-refractivity contribution in [2.24, 2.45) is 0 Å². The topological polar surface area (TPSA) is 71.8 Å². The van der Waals surface area contributed by atoms with Crippen molar-refractivity contribution in [2.45, 2.75) is 20.1 Å². The van der Waals surface area contributed by atoms with E-state index in [0.29, 0.717) is 37.4 Å². The van der Waals surface area contributed by atoms with Gasteiger partial charge in [0, 0.05) is 61.4 Å². The quantitative estimate of drug-likeness (QED) is 0.417. The Kier molecular flexibility index (Phi) is 8.56. The number of carbonyl (C=O) groups excluding carboxylic acids is 1. The summed E-state index contributed by atoms with van der Waals surface area (Å²) in [5.41, 5.74) is 1.88. The van der Waals surface area contributed by atoms with Gasteiger partial charge in [0.1, 0.15) is 28.5 Å². The molecule has 0 N–H and O–H groups in total. The maximum atomic E-state index is 13.9. The fourth-order valence-corrected chi connectivity index (χ4v) is 5.20. The molecular weight excluding hydrogens is 568 g/mol. The summed E-state index contributed by atoms with van der Waals surface area (Å²) < 4.78 is 47.9. The third kappa shape index (κ3) is 6.34. The highest BCUT2D eigenvalue weighted by molar-refractivity contribution is 9.10. The van der Waals surface area contributed by atoms with Crippen LogP contribution in [0.1, 0.15) is 27.2 Å². The van der Waals surface area contributed by atoms with E-state index in [1.807, 2.05) is 16.4 Å². The average molecular weight is 594 g/mol. The highest BCUT2D eigenvalue weighted by atomic mass is 79.9. The summed E-state index contributed by atoms with van der Waals surface area (Å²) in [6.07, 6.45) is 1.64. The lowest BCUT2D eigenvalue weighted by atomic mass is 10.1. The fraction of sp³-hybridized carbons (Fsp3) is 0.308. The third-order valence-corrected chi connectivity index (χ3v) is 8.07. The number of pyridine rings is 1. The lowest BCUT2D eigenvalue weighted by Gasteiger charge is -2.33. The lowest BCUT2D eigenvalue weighted by Crippen LogP contribution is -2.48. The number of amides is 1.